The smallest absolute Gasteiger partial charge is 0.254 e. The van der Waals surface area contributed by atoms with Crippen molar-refractivity contribution in [1.82, 2.24) is 10.2 Å². The second kappa shape index (κ2) is 9.04. The minimum Gasteiger partial charge on any atom is -0.349 e. The summed E-state index contributed by atoms with van der Waals surface area (Å²) in [6.07, 6.45) is 0.941. The molecule has 2 N–H and O–H groups in total. The van der Waals surface area contributed by atoms with E-state index >= 15 is 0 Å². The Balaban J connectivity index is 1.50. The SMILES string of the molecule is O=C(CN1CCC(NC(=O)c2cc(F)c(F)c(F)c2F)CC1)Nc1ccccc1. The van der Waals surface area contributed by atoms with Crippen LogP contribution in [0.1, 0.15) is 23.2 Å². The van der Waals surface area contributed by atoms with E-state index in [1.807, 2.05) is 23.1 Å². The van der Waals surface area contributed by atoms with Crippen molar-refractivity contribution in [2.24, 2.45) is 0 Å². The Bertz CT molecular complexity index is 900. The van der Waals surface area contributed by atoms with E-state index in [0.29, 0.717) is 37.7 Å². The van der Waals surface area contributed by atoms with Crippen LogP contribution in [0.5, 0.6) is 0 Å². The van der Waals surface area contributed by atoms with Gasteiger partial charge in [0.2, 0.25) is 5.91 Å². The molecule has 2 aromatic carbocycles. The van der Waals surface area contributed by atoms with Crippen LogP contribution in [-0.2, 0) is 4.79 Å². The average Bonchev–Trinajstić information content (AvgIpc) is 2.71. The van der Waals surface area contributed by atoms with Crippen LogP contribution in [0, 0.1) is 23.3 Å². The maximum atomic E-state index is 13.7. The van der Waals surface area contributed by atoms with Crippen LogP contribution in [0.25, 0.3) is 0 Å². The minimum atomic E-state index is -2.02. The topological polar surface area (TPSA) is 61.4 Å². The zero-order chi connectivity index (χ0) is 21.0. The zero-order valence-electron chi connectivity index (χ0n) is 15.4. The van der Waals surface area contributed by atoms with Crippen LogP contribution in [0.15, 0.2) is 36.4 Å². The van der Waals surface area contributed by atoms with Crippen molar-refractivity contribution in [3.05, 3.63) is 65.2 Å². The number of halogens is 4. The number of anilines is 1. The molecule has 2 amide bonds. The van der Waals surface area contributed by atoms with Crippen molar-refractivity contribution < 1.29 is 27.2 Å². The lowest BCUT2D eigenvalue weighted by Crippen LogP contribution is -2.46. The number of amides is 2. The van der Waals surface area contributed by atoms with Crippen molar-refractivity contribution >= 4 is 17.5 Å². The molecule has 9 heteroatoms. The van der Waals surface area contributed by atoms with Crippen LogP contribution < -0.4 is 10.6 Å². The molecule has 0 saturated carbocycles. The first-order valence-electron chi connectivity index (χ1n) is 9.06. The Morgan fingerprint density at radius 1 is 0.966 bits per heavy atom. The summed E-state index contributed by atoms with van der Waals surface area (Å²) < 4.78 is 53.3. The van der Waals surface area contributed by atoms with E-state index in [0.717, 1.165) is 0 Å². The second-order valence-electron chi connectivity index (χ2n) is 6.79. The third-order valence-corrected chi connectivity index (χ3v) is 4.69. The Kier molecular flexibility index (Phi) is 6.48. The molecule has 0 bridgehead atoms. The summed E-state index contributed by atoms with van der Waals surface area (Å²) >= 11 is 0. The van der Waals surface area contributed by atoms with E-state index in [2.05, 4.69) is 10.6 Å². The van der Waals surface area contributed by atoms with Gasteiger partial charge in [-0.2, -0.15) is 0 Å². The van der Waals surface area contributed by atoms with Crippen molar-refractivity contribution in [1.29, 1.82) is 0 Å². The molecule has 1 fully saturated rings. The molecule has 154 valence electrons. The van der Waals surface area contributed by atoms with Crippen molar-refractivity contribution in [2.45, 2.75) is 18.9 Å². The third-order valence-electron chi connectivity index (χ3n) is 4.69. The summed E-state index contributed by atoms with van der Waals surface area (Å²) in [5.74, 6) is -8.51. The summed E-state index contributed by atoms with van der Waals surface area (Å²) in [5, 5.41) is 5.28. The number of rotatable bonds is 5. The molecule has 0 spiro atoms. The van der Waals surface area contributed by atoms with E-state index in [9.17, 15) is 27.2 Å². The first-order valence-corrected chi connectivity index (χ1v) is 9.06. The fourth-order valence-electron chi connectivity index (χ4n) is 3.16. The molecule has 0 aliphatic carbocycles. The molecular weight excluding hydrogens is 390 g/mol. The molecule has 1 saturated heterocycles. The zero-order valence-corrected chi connectivity index (χ0v) is 15.4. The highest BCUT2D eigenvalue weighted by molar-refractivity contribution is 5.94. The van der Waals surface area contributed by atoms with Gasteiger partial charge in [-0.05, 0) is 31.0 Å². The normalized spacial score (nSPS) is 15.2. The highest BCUT2D eigenvalue weighted by Gasteiger charge is 2.26. The number of likely N-dealkylation sites (tertiary alicyclic amines) is 1. The van der Waals surface area contributed by atoms with Crippen LogP contribution in [0.3, 0.4) is 0 Å². The quantitative estimate of drug-likeness (QED) is 0.453. The number of piperidine rings is 1. The monoisotopic (exact) mass is 409 g/mol. The molecule has 1 heterocycles. The predicted molar refractivity (Wildman–Crippen MR) is 98.3 cm³/mol. The van der Waals surface area contributed by atoms with Gasteiger partial charge < -0.3 is 10.6 Å². The number of nitrogens with one attached hydrogen (secondary N) is 2. The van der Waals surface area contributed by atoms with Crippen LogP contribution >= 0.6 is 0 Å². The van der Waals surface area contributed by atoms with E-state index in [1.165, 1.54) is 0 Å². The van der Waals surface area contributed by atoms with Gasteiger partial charge in [0.05, 0.1) is 12.1 Å². The summed E-state index contributed by atoms with van der Waals surface area (Å²) in [5.41, 5.74) is -0.188. The van der Waals surface area contributed by atoms with E-state index in [-0.39, 0.29) is 18.5 Å². The van der Waals surface area contributed by atoms with Crippen molar-refractivity contribution in [3.63, 3.8) is 0 Å². The number of hydrogen-bond donors (Lipinski definition) is 2. The number of benzene rings is 2. The van der Waals surface area contributed by atoms with Gasteiger partial charge >= 0.3 is 0 Å². The largest absolute Gasteiger partial charge is 0.349 e. The Hall–Kier alpha value is -2.94. The van der Waals surface area contributed by atoms with Crippen LogP contribution in [0.2, 0.25) is 0 Å². The average molecular weight is 409 g/mol. The highest BCUT2D eigenvalue weighted by atomic mass is 19.2. The standard InChI is InChI=1S/C20H19F4N3O2/c21-15-10-14(17(22)19(24)18(15)23)20(29)26-13-6-8-27(9-7-13)11-16(28)25-12-4-2-1-3-5-12/h1-5,10,13H,6-9,11H2,(H,25,28)(H,26,29). The van der Waals surface area contributed by atoms with Gasteiger partial charge in [0.1, 0.15) is 0 Å². The van der Waals surface area contributed by atoms with Gasteiger partial charge in [-0.1, -0.05) is 18.2 Å². The Morgan fingerprint density at radius 2 is 1.62 bits per heavy atom. The predicted octanol–water partition coefficient (Wildman–Crippen LogP) is 3.08. The maximum absolute atomic E-state index is 13.7. The Labute approximate surface area is 164 Å². The lowest BCUT2D eigenvalue weighted by molar-refractivity contribution is -0.117. The number of nitrogens with zero attached hydrogens (tertiary/aromatic N) is 1. The lowest BCUT2D eigenvalue weighted by atomic mass is 10.0. The van der Waals surface area contributed by atoms with Gasteiger partial charge in [-0.15, -0.1) is 0 Å². The molecule has 0 atom stereocenters. The molecule has 3 rings (SSSR count). The van der Waals surface area contributed by atoms with Gasteiger partial charge in [0, 0.05) is 24.8 Å². The molecular formula is C20H19F4N3O2. The molecule has 1 aliphatic heterocycles. The van der Waals surface area contributed by atoms with Gasteiger partial charge in [-0.3, -0.25) is 14.5 Å². The molecule has 1 aliphatic rings. The number of carbonyl (C=O) groups is 2. The van der Waals surface area contributed by atoms with E-state index in [4.69, 9.17) is 0 Å². The number of para-hydroxylation sites is 1. The van der Waals surface area contributed by atoms with Crippen molar-refractivity contribution in [2.75, 3.05) is 25.0 Å². The van der Waals surface area contributed by atoms with Crippen LogP contribution in [-0.4, -0.2) is 42.4 Å². The van der Waals surface area contributed by atoms with E-state index in [1.54, 1.807) is 12.1 Å². The molecule has 0 radical (unpaired) electrons. The van der Waals surface area contributed by atoms with Crippen molar-refractivity contribution in [3.8, 4) is 0 Å². The second-order valence-corrected chi connectivity index (χ2v) is 6.79. The summed E-state index contributed by atoms with van der Waals surface area (Å²) in [6.45, 7) is 1.18. The molecule has 0 aromatic heterocycles. The molecule has 29 heavy (non-hydrogen) atoms. The highest BCUT2D eigenvalue weighted by Crippen LogP contribution is 2.19. The number of carbonyl (C=O) groups excluding carboxylic acids is 2. The fourth-order valence-corrected chi connectivity index (χ4v) is 3.16. The summed E-state index contributed by atoms with van der Waals surface area (Å²) in [7, 11) is 0. The first kappa shape index (κ1) is 20.8. The third kappa shape index (κ3) is 5.11. The fraction of sp³-hybridized carbons (Fsp3) is 0.300. The van der Waals surface area contributed by atoms with Gasteiger partial charge in [-0.25, -0.2) is 17.6 Å². The van der Waals surface area contributed by atoms with Crippen LogP contribution in [0.4, 0.5) is 23.2 Å². The maximum Gasteiger partial charge on any atom is 0.254 e. The summed E-state index contributed by atoms with van der Waals surface area (Å²) in [6, 6.07) is 9.00. The molecule has 5 nitrogen and oxygen atoms in total. The first-order chi connectivity index (χ1) is 13.8. The number of hydrogen-bond acceptors (Lipinski definition) is 3. The van der Waals surface area contributed by atoms with E-state index < -0.39 is 34.7 Å². The Morgan fingerprint density at radius 3 is 2.28 bits per heavy atom. The molecule has 2 aromatic rings. The van der Waals surface area contributed by atoms with Gasteiger partial charge in [0.25, 0.3) is 5.91 Å². The molecule has 0 unspecified atom stereocenters. The summed E-state index contributed by atoms with van der Waals surface area (Å²) in [4.78, 5) is 26.1. The minimum absolute atomic E-state index is 0.169. The lowest BCUT2D eigenvalue weighted by Gasteiger charge is -2.31. The van der Waals surface area contributed by atoms with Gasteiger partial charge in [0.15, 0.2) is 23.3 Å².